The van der Waals surface area contributed by atoms with Gasteiger partial charge in [0.15, 0.2) is 5.11 Å². The summed E-state index contributed by atoms with van der Waals surface area (Å²) in [5.74, 6) is 0. The van der Waals surface area contributed by atoms with Gasteiger partial charge in [-0.15, -0.1) is 0 Å². The molecule has 3 N–H and O–H groups in total. The van der Waals surface area contributed by atoms with Crippen molar-refractivity contribution in [1.29, 1.82) is 0 Å². The molecule has 0 aliphatic carbocycles. The summed E-state index contributed by atoms with van der Waals surface area (Å²) in [5, 5.41) is 2.94. The highest BCUT2D eigenvalue weighted by molar-refractivity contribution is 7.99. The summed E-state index contributed by atoms with van der Waals surface area (Å²) in [4.78, 5) is 1.35. The fourth-order valence-electron chi connectivity index (χ4n) is 1.62. The molecule has 0 aliphatic heterocycles. The lowest BCUT2D eigenvalue weighted by Crippen LogP contribution is -2.18. The van der Waals surface area contributed by atoms with Crippen molar-refractivity contribution in [3.05, 3.63) is 54.1 Å². The Labute approximate surface area is 129 Å². The van der Waals surface area contributed by atoms with Crippen LogP contribution in [0.25, 0.3) is 0 Å². The van der Waals surface area contributed by atoms with E-state index in [-0.39, 0.29) is 5.11 Å². The molecule has 0 saturated heterocycles. The lowest BCUT2D eigenvalue weighted by Gasteiger charge is -2.09. The zero-order valence-corrected chi connectivity index (χ0v) is 12.3. The Balaban J connectivity index is 2.13. The summed E-state index contributed by atoms with van der Waals surface area (Å²) >= 11 is 5.97. The Morgan fingerprint density at radius 3 is 2.29 bits per heavy atom. The van der Waals surface area contributed by atoms with E-state index in [2.05, 4.69) is 5.32 Å². The lowest BCUT2D eigenvalue weighted by atomic mass is 10.2. The standard InChI is InChI=1S/C14H11F3N2S2/c15-14(16,17)9-2-1-3-12(8-9)21-11-6-4-10(5-7-11)19-13(18)20/h1-8H,(H3,18,19,20). The number of nitrogens with one attached hydrogen (secondary N) is 1. The highest BCUT2D eigenvalue weighted by Crippen LogP contribution is 2.34. The minimum Gasteiger partial charge on any atom is -0.376 e. The van der Waals surface area contributed by atoms with Gasteiger partial charge in [-0.05, 0) is 54.7 Å². The number of thiocarbonyl (C=S) groups is 1. The Morgan fingerprint density at radius 2 is 1.71 bits per heavy atom. The van der Waals surface area contributed by atoms with Crippen LogP contribution in [0.4, 0.5) is 18.9 Å². The number of hydrogen-bond acceptors (Lipinski definition) is 2. The number of benzene rings is 2. The van der Waals surface area contributed by atoms with Crippen LogP contribution in [0, 0.1) is 0 Å². The molecule has 21 heavy (non-hydrogen) atoms. The van der Waals surface area contributed by atoms with Crippen molar-refractivity contribution in [3.63, 3.8) is 0 Å². The predicted molar refractivity (Wildman–Crippen MR) is 82.4 cm³/mol. The second-order valence-corrected chi connectivity index (χ2v) is 5.73. The van der Waals surface area contributed by atoms with E-state index in [1.54, 1.807) is 30.3 Å². The molecule has 0 spiro atoms. The first-order valence-corrected chi connectivity index (χ1v) is 7.09. The summed E-state index contributed by atoms with van der Waals surface area (Å²) in [6.07, 6.45) is -4.33. The van der Waals surface area contributed by atoms with Gasteiger partial charge < -0.3 is 11.1 Å². The molecule has 7 heteroatoms. The number of rotatable bonds is 3. The van der Waals surface area contributed by atoms with Crippen molar-refractivity contribution < 1.29 is 13.2 Å². The number of nitrogens with two attached hydrogens (primary N) is 1. The second-order valence-electron chi connectivity index (χ2n) is 4.14. The SMILES string of the molecule is NC(=S)Nc1ccc(Sc2cccc(C(F)(F)F)c2)cc1. The van der Waals surface area contributed by atoms with Crippen LogP contribution in [0.2, 0.25) is 0 Å². The van der Waals surface area contributed by atoms with Gasteiger partial charge in [0.1, 0.15) is 0 Å². The Kier molecular flexibility index (Phi) is 4.74. The zero-order valence-electron chi connectivity index (χ0n) is 10.6. The van der Waals surface area contributed by atoms with Crippen LogP contribution < -0.4 is 11.1 Å². The molecule has 2 rings (SSSR count). The number of anilines is 1. The first-order chi connectivity index (χ1) is 9.84. The molecular weight excluding hydrogens is 317 g/mol. The number of halogens is 3. The van der Waals surface area contributed by atoms with E-state index in [0.717, 1.165) is 22.7 Å². The quantitative estimate of drug-likeness (QED) is 0.813. The lowest BCUT2D eigenvalue weighted by molar-refractivity contribution is -0.137. The molecule has 0 heterocycles. The third kappa shape index (κ3) is 4.64. The minimum atomic E-state index is -4.33. The van der Waals surface area contributed by atoms with E-state index in [4.69, 9.17) is 18.0 Å². The molecule has 0 saturated carbocycles. The molecule has 2 nitrogen and oxygen atoms in total. The fraction of sp³-hybridized carbons (Fsp3) is 0.0714. The van der Waals surface area contributed by atoms with E-state index in [1.807, 2.05) is 0 Å². The monoisotopic (exact) mass is 328 g/mol. The van der Waals surface area contributed by atoms with E-state index in [9.17, 15) is 13.2 Å². The van der Waals surface area contributed by atoms with Gasteiger partial charge in [-0.1, -0.05) is 17.8 Å². The van der Waals surface area contributed by atoms with E-state index >= 15 is 0 Å². The molecule has 2 aromatic rings. The minimum absolute atomic E-state index is 0.160. The third-order valence-electron chi connectivity index (χ3n) is 2.52. The largest absolute Gasteiger partial charge is 0.416 e. The van der Waals surface area contributed by atoms with Gasteiger partial charge in [-0.2, -0.15) is 13.2 Å². The van der Waals surface area contributed by atoms with Crippen molar-refractivity contribution in [1.82, 2.24) is 0 Å². The second kappa shape index (κ2) is 6.36. The Morgan fingerprint density at radius 1 is 1.05 bits per heavy atom. The summed E-state index contributed by atoms with van der Waals surface area (Å²) in [6.45, 7) is 0. The average Bonchev–Trinajstić information content (AvgIpc) is 2.40. The van der Waals surface area contributed by atoms with E-state index < -0.39 is 11.7 Å². The van der Waals surface area contributed by atoms with Gasteiger partial charge >= 0.3 is 6.18 Å². The van der Waals surface area contributed by atoms with Crippen molar-refractivity contribution in [3.8, 4) is 0 Å². The van der Waals surface area contributed by atoms with Gasteiger partial charge in [-0.3, -0.25) is 0 Å². The molecule has 0 aromatic heterocycles. The van der Waals surface area contributed by atoms with Crippen molar-refractivity contribution in [2.45, 2.75) is 16.0 Å². The molecular formula is C14H11F3N2S2. The molecule has 2 aromatic carbocycles. The van der Waals surface area contributed by atoms with Crippen LogP contribution in [0.3, 0.4) is 0 Å². The highest BCUT2D eigenvalue weighted by Gasteiger charge is 2.30. The smallest absolute Gasteiger partial charge is 0.376 e. The first kappa shape index (κ1) is 15.7. The van der Waals surface area contributed by atoms with Crippen molar-refractivity contribution in [2.24, 2.45) is 5.73 Å². The van der Waals surface area contributed by atoms with Gasteiger partial charge in [0.2, 0.25) is 0 Å². The number of alkyl halides is 3. The van der Waals surface area contributed by atoms with Gasteiger partial charge in [0.25, 0.3) is 0 Å². The van der Waals surface area contributed by atoms with E-state index in [0.29, 0.717) is 4.90 Å². The maximum absolute atomic E-state index is 12.6. The normalized spacial score (nSPS) is 11.2. The maximum Gasteiger partial charge on any atom is 0.416 e. The van der Waals surface area contributed by atoms with Crippen LogP contribution >= 0.6 is 24.0 Å². The zero-order chi connectivity index (χ0) is 15.5. The Hall–Kier alpha value is -1.73. The van der Waals surface area contributed by atoms with Crippen LogP contribution in [0.5, 0.6) is 0 Å². The third-order valence-corrected chi connectivity index (χ3v) is 3.62. The fourth-order valence-corrected chi connectivity index (χ4v) is 2.62. The van der Waals surface area contributed by atoms with Crippen LogP contribution in [0.15, 0.2) is 58.3 Å². The first-order valence-electron chi connectivity index (χ1n) is 5.86. The molecule has 0 bridgehead atoms. The topological polar surface area (TPSA) is 38.0 Å². The summed E-state index contributed by atoms with van der Waals surface area (Å²) in [5.41, 5.74) is 5.43. The van der Waals surface area contributed by atoms with E-state index in [1.165, 1.54) is 17.8 Å². The molecule has 0 unspecified atom stereocenters. The maximum atomic E-state index is 12.6. The molecule has 0 amide bonds. The Bertz CT molecular complexity index is 639. The molecule has 0 atom stereocenters. The van der Waals surface area contributed by atoms with Crippen LogP contribution in [-0.2, 0) is 6.18 Å². The van der Waals surface area contributed by atoms with Crippen molar-refractivity contribution >= 4 is 34.8 Å². The summed E-state index contributed by atoms with van der Waals surface area (Å²) in [6, 6.07) is 12.3. The number of hydrogen-bond donors (Lipinski definition) is 2. The molecule has 0 radical (unpaired) electrons. The molecule has 0 aliphatic rings. The molecule has 110 valence electrons. The van der Waals surface area contributed by atoms with Crippen LogP contribution in [-0.4, -0.2) is 5.11 Å². The van der Waals surface area contributed by atoms with Gasteiger partial charge in [0.05, 0.1) is 5.56 Å². The predicted octanol–water partition coefficient (Wildman–Crippen LogP) is 4.51. The summed E-state index contributed by atoms with van der Waals surface area (Å²) < 4.78 is 37.9. The summed E-state index contributed by atoms with van der Waals surface area (Å²) in [7, 11) is 0. The molecule has 0 fully saturated rings. The highest BCUT2D eigenvalue weighted by atomic mass is 32.2. The van der Waals surface area contributed by atoms with Gasteiger partial charge in [0, 0.05) is 15.5 Å². The van der Waals surface area contributed by atoms with Crippen LogP contribution in [0.1, 0.15) is 5.56 Å². The van der Waals surface area contributed by atoms with Gasteiger partial charge in [-0.25, -0.2) is 0 Å². The van der Waals surface area contributed by atoms with Crippen molar-refractivity contribution in [2.75, 3.05) is 5.32 Å². The average molecular weight is 328 g/mol.